The number of pyridine rings is 1. The van der Waals surface area contributed by atoms with Crippen molar-refractivity contribution in [3.05, 3.63) is 60.3 Å². The molecule has 0 aliphatic heterocycles. The van der Waals surface area contributed by atoms with Crippen molar-refractivity contribution in [1.29, 1.82) is 0 Å². The Morgan fingerprint density at radius 2 is 1.79 bits per heavy atom. The summed E-state index contributed by atoms with van der Waals surface area (Å²) >= 11 is 0. The summed E-state index contributed by atoms with van der Waals surface area (Å²) < 4.78 is 0. The van der Waals surface area contributed by atoms with E-state index in [1.54, 1.807) is 0 Å². The molecule has 0 amide bonds. The zero-order chi connectivity index (χ0) is 13.2. The molecule has 0 atom stereocenters. The van der Waals surface area contributed by atoms with Crippen LogP contribution < -0.4 is 5.73 Å². The highest BCUT2D eigenvalue weighted by Crippen LogP contribution is 2.26. The summed E-state index contributed by atoms with van der Waals surface area (Å²) in [7, 11) is 0. The minimum Gasteiger partial charge on any atom is -0.399 e. The minimum atomic E-state index is 0.866. The molecule has 1 aromatic heterocycles. The number of aryl methyl sites for hydroxylation is 1. The van der Waals surface area contributed by atoms with E-state index in [0.29, 0.717) is 0 Å². The standard InChI is InChI=1S/C17H16N2/c1-2-12-10-14(7-8-16(12)18)15-6-5-13-4-3-9-19-17(13)11-15/h3-11H,2,18H2,1H3. The van der Waals surface area contributed by atoms with Crippen LogP contribution in [0.4, 0.5) is 5.69 Å². The van der Waals surface area contributed by atoms with Crippen LogP contribution in [0.2, 0.25) is 0 Å². The molecule has 0 bridgehead atoms. The summed E-state index contributed by atoms with van der Waals surface area (Å²) in [4.78, 5) is 4.40. The number of aromatic nitrogens is 1. The van der Waals surface area contributed by atoms with E-state index >= 15 is 0 Å². The Morgan fingerprint density at radius 1 is 1.00 bits per heavy atom. The molecule has 2 heteroatoms. The Hall–Kier alpha value is -2.35. The second-order valence-electron chi connectivity index (χ2n) is 4.68. The summed E-state index contributed by atoms with van der Waals surface area (Å²) in [6.45, 7) is 2.12. The molecule has 0 unspecified atom stereocenters. The van der Waals surface area contributed by atoms with Crippen molar-refractivity contribution in [2.24, 2.45) is 0 Å². The van der Waals surface area contributed by atoms with Crippen LogP contribution in [-0.2, 0) is 6.42 Å². The molecule has 0 fully saturated rings. The molecule has 0 aliphatic rings. The van der Waals surface area contributed by atoms with E-state index in [0.717, 1.165) is 23.0 Å². The lowest BCUT2D eigenvalue weighted by molar-refractivity contribution is 1.15. The lowest BCUT2D eigenvalue weighted by Gasteiger charge is -2.08. The number of rotatable bonds is 2. The van der Waals surface area contributed by atoms with E-state index in [4.69, 9.17) is 5.73 Å². The van der Waals surface area contributed by atoms with E-state index in [1.807, 2.05) is 18.3 Å². The first-order chi connectivity index (χ1) is 9.28. The Kier molecular flexibility index (Phi) is 2.92. The van der Waals surface area contributed by atoms with E-state index in [1.165, 1.54) is 16.7 Å². The SMILES string of the molecule is CCc1cc(-c2ccc3cccnc3c2)ccc1N. The Balaban J connectivity index is 2.13. The monoisotopic (exact) mass is 248 g/mol. The van der Waals surface area contributed by atoms with E-state index in [-0.39, 0.29) is 0 Å². The molecule has 0 radical (unpaired) electrons. The van der Waals surface area contributed by atoms with Crippen LogP contribution in [0.1, 0.15) is 12.5 Å². The predicted molar refractivity (Wildman–Crippen MR) is 81.0 cm³/mol. The number of fused-ring (bicyclic) bond motifs is 1. The Morgan fingerprint density at radius 3 is 2.63 bits per heavy atom. The third kappa shape index (κ3) is 2.17. The molecule has 0 saturated carbocycles. The van der Waals surface area contributed by atoms with Crippen molar-refractivity contribution in [3.63, 3.8) is 0 Å². The largest absolute Gasteiger partial charge is 0.399 e. The number of nitrogens with two attached hydrogens (primary N) is 1. The van der Waals surface area contributed by atoms with Gasteiger partial charge in [0.1, 0.15) is 0 Å². The Bertz CT molecular complexity index is 732. The number of hydrogen-bond acceptors (Lipinski definition) is 2. The van der Waals surface area contributed by atoms with Gasteiger partial charge in [-0.25, -0.2) is 0 Å². The van der Waals surface area contributed by atoms with Crippen molar-refractivity contribution < 1.29 is 0 Å². The molecule has 3 rings (SSSR count). The molecular weight excluding hydrogens is 232 g/mol. The zero-order valence-electron chi connectivity index (χ0n) is 10.9. The van der Waals surface area contributed by atoms with Crippen molar-refractivity contribution in [2.45, 2.75) is 13.3 Å². The maximum Gasteiger partial charge on any atom is 0.0708 e. The zero-order valence-corrected chi connectivity index (χ0v) is 10.9. The number of nitrogen functional groups attached to an aromatic ring is 1. The average molecular weight is 248 g/mol. The van der Waals surface area contributed by atoms with Gasteiger partial charge in [-0.05, 0) is 47.4 Å². The highest BCUT2D eigenvalue weighted by molar-refractivity contribution is 5.84. The first kappa shape index (κ1) is 11.7. The fourth-order valence-electron chi connectivity index (χ4n) is 2.34. The van der Waals surface area contributed by atoms with Crippen LogP contribution in [0.3, 0.4) is 0 Å². The normalized spacial score (nSPS) is 10.8. The lowest BCUT2D eigenvalue weighted by atomic mass is 9.99. The maximum absolute atomic E-state index is 5.96. The Labute approximate surface area is 112 Å². The average Bonchev–Trinajstić information content (AvgIpc) is 2.47. The van der Waals surface area contributed by atoms with Crippen LogP contribution in [0, 0.1) is 0 Å². The van der Waals surface area contributed by atoms with Gasteiger partial charge in [-0.1, -0.05) is 31.2 Å². The summed E-state index contributed by atoms with van der Waals surface area (Å²) in [5.74, 6) is 0. The van der Waals surface area contributed by atoms with Gasteiger partial charge in [-0.15, -0.1) is 0 Å². The van der Waals surface area contributed by atoms with Crippen molar-refractivity contribution in [2.75, 3.05) is 5.73 Å². The smallest absolute Gasteiger partial charge is 0.0708 e. The highest BCUT2D eigenvalue weighted by Gasteiger charge is 2.03. The van der Waals surface area contributed by atoms with Crippen LogP contribution in [0.15, 0.2) is 54.7 Å². The summed E-state index contributed by atoms with van der Waals surface area (Å²) in [5.41, 5.74) is 11.4. The second kappa shape index (κ2) is 4.73. The second-order valence-corrected chi connectivity index (χ2v) is 4.68. The fourth-order valence-corrected chi connectivity index (χ4v) is 2.34. The summed E-state index contributed by atoms with van der Waals surface area (Å²) in [6, 6.07) is 16.6. The van der Waals surface area contributed by atoms with Gasteiger partial charge < -0.3 is 5.73 Å². The van der Waals surface area contributed by atoms with Gasteiger partial charge in [-0.2, -0.15) is 0 Å². The molecule has 0 spiro atoms. The maximum atomic E-state index is 5.96. The lowest BCUT2D eigenvalue weighted by Crippen LogP contribution is -1.93. The van der Waals surface area contributed by atoms with Gasteiger partial charge in [0.15, 0.2) is 0 Å². The predicted octanol–water partition coefficient (Wildman–Crippen LogP) is 4.05. The molecular formula is C17H16N2. The van der Waals surface area contributed by atoms with Crippen LogP contribution in [-0.4, -0.2) is 4.98 Å². The number of hydrogen-bond donors (Lipinski definition) is 1. The molecule has 3 aromatic rings. The van der Waals surface area contributed by atoms with Gasteiger partial charge in [0.2, 0.25) is 0 Å². The first-order valence-electron chi connectivity index (χ1n) is 6.51. The first-order valence-corrected chi connectivity index (χ1v) is 6.51. The number of nitrogens with zero attached hydrogens (tertiary/aromatic N) is 1. The quantitative estimate of drug-likeness (QED) is 0.695. The fraction of sp³-hybridized carbons (Fsp3) is 0.118. The molecule has 1 heterocycles. The molecule has 19 heavy (non-hydrogen) atoms. The molecule has 0 saturated heterocycles. The molecule has 2 nitrogen and oxygen atoms in total. The van der Waals surface area contributed by atoms with Crippen LogP contribution >= 0.6 is 0 Å². The van der Waals surface area contributed by atoms with Gasteiger partial charge in [0, 0.05) is 17.3 Å². The summed E-state index contributed by atoms with van der Waals surface area (Å²) in [6.07, 6.45) is 2.78. The molecule has 0 aliphatic carbocycles. The molecule has 94 valence electrons. The van der Waals surface area contributed by atoms with E-state index < -0.39 is 0 Å². The van der Waals surface area contributed by atoms with Gasteiger partial charge >= 0.3 is 0 Å². The third-order valence-corrected chi connectivity index (χ3v) is 3.46. The van der Waals surface area contributed by atoms with Crippen molar-refractivity contribution in [1.82, 2.24) is 4.98 Å². The van der Waals surface area contributed by atoms with E-state index in [9.17, 15) is 0 Å². The van der Waals surface area contributed by atoms with Gasteiger partial charge in [-0.3, -0.25) is 4.98 Å². The number of benzene rings is 2. The molecule has 2 aromatic carbocycles. The van der Waals surface area contributed by atoms with Crippen LogP contribution in [0.5, 0.6) is 0 Å². The van der Waals surface area contributed by atoms with Gasteiger partial charge in [0.05, 0.1) is 5.52 Å². The topological polar surface area (TPSA) is 38.9 Å². The van der Waals surface area contributed by atoms with Gasteiger partial charge in [0.25, 0.3) is 0 Å². The summed E-state index contributed by atoms with van der Waals surface area (Å²) in [5, 5.41) is 1.16. The van der Waals surface area contributed by atoms with Crippen molar-refractivity contribution >= 4 is 16.6 Å². The minimum absolute atomic E-state index is 0.866. The number of anilines is 1. The highest BCUT2D eigenvalue weighted by atomic mass is 14.6. The van der Waals surface area contributed by atoms with Crippen molar-refractivity contribution in [3.8, 4) is 11.1 Å². The third-order valence-electron chi connectivity index (χ3n) is 3.46. The molecule has 2 N–H and O–H groups in total. The van der Waals surface area contributed by atoms with E-state index in [2.05, 4.69) is 48.3 Å². The van der Waals surface area contributed by atoms with Crippen LogP contribution in [0.25, 0.3) is 22.0 Å².